The van der Waals surface area contributed by atoms with Crippen LogP contribution < -0.4 is 5.32 Å². The average molecular weight is 314 g/mol. The summed E-state index contributed by atoms with van der Waals surface area (Å²) in [6.45, 7) is 3.11. The van der Waals surface area contributed by atoms with Gasteiger partial charge in [0.25, 0.3) is 0 Å². The number of hydrogen-bond donors (Lipinski definition) is 1. The summed E-state index contributed by atoms with van der Waals surface area (Å²) in [6.07, 6.45) is 0.306. The molecule has 1 aromatic heterocycles. The molecule has 1 N–H and O–H groups in total. The number of thiophene rings is 1. The molecule has 1 saturated heterocycles. The highest BCUT2D eigenvalue weighted by Gasteiger charge is 2.33. The summed E-state index contributed by atoms with van der Waals surface area (Å²) in [5, 5.41) is 5.01. The third-order valence-corrected chi connectivity index (χ3v) is 4.84. The first-order valence-corrected chi connectivity index (χ1v) is 8.28. The van der Waals surface area contributed by atoms with Crippen molar-refractivity contribution in [1.82, 2.24) is 4.90 Å². The Morgan fingerprint density at radius 3 is 2.82 bits per heavy atom. The molecular weight excluding hydrogens is 296 g/mol. The lowest BCUT2D eigenvalue weighted by Crippen LogP contribution is -2.28. The van der Waals surface area contributed by atoms with E-state index in [0.29, 0.717) is 19.5 Å². The topological polar surface area (TPSA) is 49.4 Å². The molecular formula is C17H18N2O2S. The summed E-state index contributed by atoms with van der Waals surface area (Å²) < 4.78 is 0. The van der Waals surface area contributed by atoms with Crippen molar-refractivity contribution in [3.63, 3.8) is 0 Å². The molecule has 22 heavy (non-hydrogen) atoms. The van der Waals surface area contributed by atoms with E-state index in [1.165, 1.54) is 0 Å². The average Bonchev–Trinajstić information content (AvgIpc) is 3.17. The van der Waals surface area contributed by atoms with Gasteiger partial charge < -0.3 is 10.2 Å². The molecule has 2 amide bonds. The second kappa shape index (κ2) is 6.32. The molecule has 3 rings (SSSR count). The lowest BCUT2D eigenvalue weighted by atomic mass is 10.1. The monoisotopic (exact) mass is 314 g/mol. The first-order valence-electron chi connectivity index (χ1n) is 7.40. The number of para-hydroxylation sites is 1. The van der Waals surface area contributed by atoms with Crippen LogP contribution in [0.3, 0.4) is 0 Å². The molecule has 1 fully saturated rings. The zero-order valence-electron chi connectivity index (χ0n) is 12.4. The molecule has 5 heteroatoms. The minimum Gasteiger partial charge on any atom is -0.342 e. The minimum absolute atomic E-state index is 0.0641. The summed E-state index contributed by atoms with van der Waals surface area (Å²) in [5.41, 5.74) is 1.82. The fraction of sp³-hybridized carbons (Fsp3) is 0.294. The zero-order chi connectivity index (χ0) is 15.5. The van der Waals surface area contributed by atoms with E-state index in [-0.39, 0.29) is 17.7 Å². The molecule has 1 aliphatic heterocycles. The van der Waals surface area contributed by atoms with Gasteiger partial charge in [-0.15, -0.1) is 11.3 Å². The van der Waals surface area contributed by atoms with E-state index < -0.39 is 0 Å². The van der Waals surface area contributed by atoms with E-state index >= 15 is 0 Å². The van der Waals surface area contributed by atoms with Crippen LogP contribution in [0.2, 0.25) is 0 Å². The number of likely N-dealkylation sites (tertiary alicyclic amines) is 1. The third-order valence-electron chi connectivity index (χ3n) is 3.94. The molecule has 2 aromatic rings. The molecule has 0 spiro atoms. The number of benzene rings is 1. The predicted molar refractivity (Wildman–Crippen MR) is 88.7 cm³/mol. The van der Waals surface area contributed by atoms with Gasteiger partial charge in [-0.25, -0.2) is 0 Å². The van der Waals surface area contributed by atoms with E-state index in [1.54, 1.807) is 16.2 Å². The van der Waals surface area contributed by atoms with Crippen LogP contribution in [-0.4, -0.2) is 29.8 Å². The Hall–Kier alpha value is -2.14. The van der Waals surface area contributed by atoms with Crippen LogP contribution in [0.25, 0.3) is 10.4 Å². The Morgan fingerprint density at radius 1 is 1.32 bits per heavy atom. The first kappa shape index (κ1) is 14.8. The van der Waals surface area contributed by atoms with Crippen LogP contribution in [0.5, 0.6) is 0 Å². The van der Waals surface area contributed by atoms with Gasteiger partial charge in [-0.2, -0.15) is 0 Å². The van der Waals surface area contributed by atoms with Gasteiger partial charge in [0, 0.05) is 35.6 Å². The predicted octanol–water partition coefficient (Wildman–Crippen LogP) is 3.22. The van der Waals surface area contributed by atoms with Crippen molar-refractivity contribution < 1.29 is 9.59 Å². The zero-order valence-corrected chi connectivity index (χ0v) is 13.2. The van der Waals surface area contributed by atoms with Crippen LogP contribution in [0.1, 0.15) is 13.3 Å². The molecule has 2 heterocycles. The largest absolute Gasteiger partial charge is 0.342 e. The smallest absolute Gasteiger partial charge is 0.229 e. The van der Waals surface area contributed by atoms with E-state index in [9.17, 15) is 9.59 Å². The quantitative estimate of drug-likeness (QED) is 0.942. The fourth-order valence-electron chi connectivity index (χ4n) is 2.73. The van der Waals surface area contributed by atoms with Gasteiger partial charge in [-0.05, 0) is 24.4 Å². The maximum atomic E-state index is 12.5. The maximum Gasteiger partial charge on any atom is 0.229 e. The van der Waals surface area contributed by atoms with Crippen molar-refractivity contribution in [3.8, 4) is 10.4 Å². The second-order valence-electron chi connectivity index (χ2n) is 5.35. The summed E-state index contributed by atoms with van der Waals surface area (Å²) in [4.78, 5) is 27.1. The van der Waals surface area contributed by atoms with Gasteiger partial charge in [0.05, 0.1) is 5.92 Å². The van der Waals surface area contributed by atoms with Gasteiger partial charge in [0.15, 0.2) is 0 Å². The van der Waals surface area contributed by atoms with Crippen LogP contribution in [0, 0.1) is 5.92 Å². The summed E-state index contributed by atoms with van der Waals surface area (Å²) in [6, 6.07) is 11.8. The van der Waals surface area contributed by atoms with Crippen LogP contribution in [0.15, 0.2) is 41.8 Å². The van der Waals surface area contributed by atoms with E-state index in [1.807, 2.05) is 48.7 Å². The van der Waals surface area contributed by atoms with Crippen molar-refractivity contribution >= 4 is 28.8 Å². The Morgan fingerprint density at radius 2 is 2.14 bits per heavy atom. The molecule has 1 aliphatic rings. The van der Waals surface area contributed by atoms with Gasteiger partial charge in [0.2, 0.25) is 11.8 Å². The van der Waals surface area contributed by atoms with Crippen LogP contribution in [0.4, 0.5) is 5.69 Å². The summed E-state index contributed by atoms with van der Waals surface area (Å²) in [5.74, 6) is -0.272. The van der Waals surface area contributed by atoms with E-state index in [4.69, 9.17) is 0 Å². The maximum absolute atomic E-state index is 12.5. The van der Waals surface area contributed by atoms with Gasteiger partial charge in [-0.3, -0.25) is 9.59 Å². The standard InChI is InChI=1S/C17H18N2O2S/c1-2-19-11-12(10-16(19)20)17(21)18-14-7-4-3-6-13(14)15-8-5-9-22-15/h3-9,12H,2,10-11H2,1H3,(H,18,21)/t12-/m0/s1. The molecule has 1 aromatic carbocycles. The van der Waals surface area contributed by atoms with E-state index in [0.717, 1.165) is 16.1 Å². The summed E-state index contributed by atoms with van der Waals surface area (Å²) in [7, 11) is 0. The third kappa shape index (κ3) is 2.90. The van der Waals surface area contributed by atoms with Gasteiger partial charge in [-0.1, -0.05) is 24.3 Å². The van der Waals surface area contributed by atoms with Crippen molar-refractivity contribution in [3.05, 3.63) is 41.8 Å². The Labute approximate surface area is 133 Å². The second-order valence-corrected chi connectivity index (χ2v) is 6.29. The molecule has 1 atom stereocenters. The summed E-state index contributed by atoms with van der Waals surface area (Å²) >= 11 is 1.64. The molecule has 0 aliphatic carbocycles. The Kier molecular flexibility index (Phi) is 4.24. The lowest BCUT2D eigenvalue weighted by Gasteiger charge is -2.15. The molecule has 114 valence electrons. The molecule has 0 bridgehead atoms. The van der Waals surface area contributed by atoms with Crippen LogP contribution >= 0.6 is 11.3 Å². The Bertz CT molecular complexity index is 682. The number of amides is 2. The highest BCUT2D eigenvalue weighted by atomic mass is 32.1. The molecule has 0 radical (unpaired) electrons. The minimum atomic E-state index is -0.260. The lowest BCUT2D eigenvalue weighted by molar-refractivity contribution is -0.128. The number of carbonyl (C=O) groups excluding carboxylic acids is 2. The SMILES string of the molecule is CCN1C[C@@H](C(=O)Nc2ccccc2-c2cccs2)CC1=O. The number of hydrogen-bond acceptors (Lipinski definition) is 3. The van der Waals surface area contributed by atoms with Gasteiger partial charge >= 0.3 is 0 Å². The van der Waals surface area contributed by atoms with Crippen molar-refractivity contribution in [2.45, 2.75) is 13.3 Å². The number of rotatable bonds is 4. The first-order chi connectivity index (χ1) is 10.7. The fourth-order valence-corrected chi connectivity index (χ4v) is 3.49. The highest BCUT2D eigenvalue weighted by molar-refractivity contribution is 7.13. The van der Waals surface area contributed by atoms with E-state index in [2.05, 4.69) is 5.32 Å². The number of nitrogens with zero attached hydrogens (tertiary/aromatic N) is 1. The van der Waals surface area contributed by atoms with Crippen LogP contribution in [-0.2, 0) is 9.59 Å². The number of nitrogens with one attached hydrogen (secondary N) is 1. The normalized spacial score (nSPS) is 17.8. The van der Waals surface area contributed by atoms with Crippen molar-refractivity contribution in [2.75, 3.05) is 18.4 Å². The van der Waals surface area contributed by atoms with Gasteiger partial charge in [0.1, 0.15) is 0 Å². The Balaban J connectivity index is 1.77. The van der Waals surface area contributed by atoms with Crippen molar-refractivity contribution in [1.29, 1.82) is 0 Å². The van der Waals surface area contributed by atoms with Crippen molar-refractivity contribution in [2.24, 2.45) is 5.92 Å². The number of carbonyl (C=O) groups is 2. The highest BCUT2D eigenvalue weighted by Crippen LogP contribution is 2.32. The molecule has 0 saturated carbocycles. The number of anilines is 1. The molecule has 4 nitrogen and oxygen atoms in total. The molecule has 0 unspecified atom stereocenters.